The lowest BCUT2D eigenvalue weighted by Crippen LogP contribution is -2.23. The van der Waals surface area contributed by atoms with Gasteiger partial charge in [0.05, 0.1) is 5.25 Å². The standard InChI is InChI=1S/C15H19N3OS2/c1-4-10(2)12-7-5-6-8-13(12)17-14(19)11(3)21-15-18-16-9-20-15/h5-11H,4H2,1-3H3,(H,17,19)/t10-,11+/m1/s1. The summed E-state index contributed by atoms with van der Waals surface area (Å²) in [4.78, 5) is 12.3. The maximum absolute atomic E-state index is 12.3. The minimum Gasteiger partial charge on any atom is -0.325 e. The summed E-state index contributed by atoms with van der Waals surface area (Å²) in [6.45, 7) is 6.20. The molecule has 0 radical (unpaired) electrons. The van der Waals surface area contributed by atoms with Gasteiger partial charge >= 0.3 is 0 Å². The van der Waals surface area contributed by atoms with Gasteiger partial charge in [0.1, 0.15) is 5.51 Å². The van der Waals surface area contributed by atoms with Crippen LogP contribution in [0.15, 0.2) is 34.1 Å². The number of benzene rings is 1. The lowest BCUT2D eigenvalue weighted by molar-refractivity contribution is -0.115. The van der Waals surface area contributed by atoms with E-state index in [1.54, 1.807) is 5.51 Å². The van der Waals surface area contributed by atoms with Crippen LogP contribution < -0.4 is 5.32 Å². The summed E-state index contributed by atoms with van der Waals surface area (Å²) in [6.07, 6.45) is 1.04. The third kappa shape index (κ3) is 4.28. The van der Waals surface area contributed by atoms with Crippen molar-refractivity contribution in [2.75, 3.05) is 5.32 Å². The Morgan fingerprint density at radius 3 is 2.81 bits per heavy atom. The highest BCUT2D eigenvalue weighted by atomic mass is 32.2. The molecule has 2 aromatic rings. The average Bonchev–Trinajstić information content (AvgIpc) is 2.99. The molecule has 21 heavy (non-hydrogen) atoms. The van der Waals surface area contributed by atoms with Crippen molar-refractivity contribution in [1.82, 2.24) is 10.2 Å². The summed E-state index contributed by atoms with van der Waals surface area (Å²) >= 11 is 2.88. The quantitative estimate of drug-likeness (QED) is 0.811. The molecule has 0 aliphatic heterocycles. The van der Waals surface area contributed by atoms with E-state index >= 15 is 0 Å². The topological polar surface area (TPSA) is 54.9 Å². The Morgan fingerprint density at radius 1 is 1.38 bits per heavy atom. The van der Waals surface area contributed by atoms with E-state index in [9.17, 15) is 4.79 Å². The molecule has 0 spiro atoms. The van der Waals surface area contributed by atoms with Crippen LogP contribution in [0.4, 0.5) is 5.69 Å². The number of carbonyl (C=O) groups excluding carboxylic acids is 1. The van der Waals surface area contributed by atoms with Crippen LogP contribution in [0.25, 0.3) is 0 Å². The second kappa shape index (κ2) is 7.56. The molecule has 4 nitrogen and oxygen atoms in total. The predicted octanol–water partition coefficient (Wildman–Crippen LogP) is 4.17. The average molecular weight is 321 g/mol. The van der Waals surface area contributed by atoms with Gasteiger partial charge in [-0.3, -0.25) is 4.79 Å². The summed E-state index contributed by atoms with van der Waals surface area (Å²) in [5, 5.41) is 10.6. The van der Waals surface area contributed by atoms with Crippen molar-refractivity contribution >= 4 is 34.7 Å². The molecule has 1 amide bonds. The molecule has 0 fully saturated rings. The van der Waals surface area contributed by atoms with Crippen molar-refractivity contribution in [2.24, 2.45) is 0 Å². The maximum Gasteiger partial charge on any atom is 0.237 e. The van der Waals surface area contributed by atoms with Crippen LogP contribution in [-0.2, 0) is 4.79 Å². The molecule has 0 saturated carbocycles. The molecule has 2 atom stereocenters. The van der Waals surface area contributed by atoms with Gasteiger partial charge in [-0.2, -0.15) is 0 Å². The lowest BCUT2D eigenvalue weighted by atomic mass is 9.97. The number of hydrogen-bond donors (Lipinski definition) is 1. The van der Waals surface area contributed by atoms with Crippen LogP contribution in [0.2, 0.25) is 0 Å². The Balaban J connectivity index is 2.05. The van der Waals surface area contributed by atoms with Gasteiger partial charge in [-0.05, 0) is 30.9 Å². The number of thioether (sulfide) groups is 1. The van der Waals surface area contributed by atoms with Gasteiger partial charge in [0.2, 0.25) is 5.91 Å². The number of nitrogens with zero attached hydrogens (tertiary/aromatic N) is 2. The van der Waals surface area contributed by atoms with Crippen LogP contribution in [0.3, 0.4) is 0 Å². The summed E-state index contributed by atoms with van der Waals surface area (Å²) in [5.41, 5.74) is 3.76. The second-order valence-corrected chi connectivity index (χ2v) is 7.27. The van der Waals surface area contributed by atoms with E-state index < -0.39 is 0 Å². The van der Waals surface area contributed by atoms with Crippen molar-refractivity contribution in [2.45, 2.75) is 42.7 Å². The summed E-state index contributed by atoms with van der Waals surface area (Å²) in [6, 6.07) is 7.99. The fraction of sp³-hybridized carbons (Fsp3) is 0.400. The Bertz CT molecular complexity index is 586. The second-order valence-electron chi connectivity index (χ2n) is 4.85. The number of nitrogens with one attached hydrogen (secondary N) is 1. The van der Waals surface area contributed by atoms with Gasteiger partial charge in [0.25, 0.3) is 0 Å². The molecule has 1 aromatic carbocycles. The molecular weight excluding hydrogens is 302 g/mol. The molecule has 1 heterocycles. The molecule has 6 heteroatoms. The largest absolute Gasteiger partial charge is 0.325 e. The summed E-state index contributed by atoms with van der Waals surface area (Å²) in [5.74, 6) is 0.415. The smallest absolute Gasteiger partial charge is 0.237 e. The van der Waals surface area contributed by atoms with E-state index in [0.29, 0.717) is 5.92 Å². The van der Waals surface area contributed by atoms with Gasteiger partial charge in [-0.25, -0.2) is 0 Å². The van der Waals surface area contributed by atoms with Crippen LogP contribution in [0, 0.1) is 0 Å². The monoisotopic (exact) mass is 321 g/mol. The molecule has 112 valence electrons. The molecule has 2 rings (SSSR count). The minimum atomic E-state index is -0.206. The Kier molecular flexibility index (Phi) is 5.76. The Labute approximate surface area is 133 Å². The van der Waals surface area contributed by atoms with E-state index in [0.717, 1.165) is 16.4 Å². The van der Waals surface area contributed by atoms with E-state index in [1.807, 2.05) is 25.1 Å². The van der Waals surface area contributed by atoms with Gasteiger partial charge in [0, 0.05) is 5.69 Å². The van der Waals surface area contributed by atoms with Crippen LogP contribution >= 0.6 is 23.1 Å². The highest BCUT2D eigenvalue weighted by molar-refractivity contribution is 8.02. The fourth-order valence-electron chi connectivity index (χ4n) is 1.91. The van der Waals surface area contributed by atoms with Crippen LogP contribution in [0.5, 0.6) is 0 Å². The third-order valence-electron chi connectivity index (χ3n) is 3.35. The third-order valence-corrected chi connectivity index (χ3v) is 5.26. The van der Waals surface area contributed by atoms with E-state index in [1.165, 1.54) is 28.7 Å². The first kappa shape index (κ1) is 16.0. The van der Waals surface area contributed by atoms with Crippen molar-refractivity contribution in [3.05, 3.63) is 35.3 Å². The number of carbonyl (C=O) groups is 1. The lowest BCUT2D eigenvalue weighted by Gasteiger charge is -2.17. The van der Waals surface area contributed by atoms with Gasteiger partial charge in [-0.15, -0.1) is 10.2 Å². The first-order chi connectivity index (χ1) is 10.1. The number of para-hydroxylation sites is 1. The maximum atomic E-state index is 12.3. The Morgan fingerprint density at radius 2 is 2.14 bits per heavy atom. The van der Waals surface area contributed by atoms with E-state index in [2.05, 4.69) is 35.4 Å². The van der Waals surface area contributed by atoms with Crippen molar-refractivity contribution in [1.29, 1.82) is 0 Å². The SMILES string of the molecule is CC[C@@H](C)c1ccccc1NC(=O)[C@H](C)Sc1nncs1. The molecule has 1 aromatic heterocycles. The summed E-state index contributed by atoms with van der Waals surface area (Å²) < 4.78 is 0.813. The fourth-order valence-corrected chi connectivity index (χ4v) is 3.54. The Hall–Kier alpha value is -1.40. The molecule has 0 saturated heterocycles. The molecule has 0 aliphatic carbocycles. The number of amides is 1. The highest BCUT2D eigenvalue weighted by Gasteiger charge is 2.18. The van der Waals surface area contributed by atoms with Crippen molar-refractivity contribution in [3.8, 4) is 0 Å². The van der Waals surface area contributed by atoms with E-state index in [4.69, 9.17) is 0 Å². The zero-order valence-corrected chi connectivity index (χ0v) is 14.0. The van der Waals surface area contributed by atoms with Crippen LogP contribution in [0.1, 0.15) is 38.7 Å². The zero-order chi connectivity index (χ0) is 15.2. The van der Waals surface area contributed by atoms with Gasteiger partial charge in [-0.1, -0.05) is 55.1 Å². The molecule has 0 aliphatic rings. The molecular formula is C15H19N3OS2. The number of anilines is 1. The van der Waals surface area contributed by atoms with E-state index in [-0.39, 0.29) is 11.2 Å². The van der Waals surface area contributed by atoms with Gasteiger partial charge < -0.3 is 5.32 Å². The van der Waals surface area contributed by atoms with Crippen molar-refractivity contribution in [3.63, 3.8) is 0 Å². The summed E-state index contributed by atoms with van der Waals surface area (Å²) in [7, 11) is 0. The minimum absolute atomic E-state index is 0.00838. The zero-order valence-electron chi connectivity index (χ0n) is 12.4. The molecule has 0 bridgehead atoms. The molecule has 0 unspecified atom stereocenters. The predicted molar refractivity (Wildman–Crippen MR) is 89.0 cm³/mol. The highest BCUT2D eigenvalue weighted by Crippen LogP contribution is 2.28. The first-order valence-corrected chi connectivity index (χ1v) is 8.70. The first-order valence-electron chi connectivity index (χ1n) is 6.94. The number of hydrogen-bond acceptors (Lipinski definition) is 5. The molecule has 1 N–H and O–H groups in total. The normalized spacial score (nSPS) is 13.7. The van der Waals surface area contributed by atoms with Crippen molar-refractivity contribution < 1.29 is 4.79 Å². The van der Waals surface area contributed by atoms with Crippen LogP contribution in [-0.4, -0.2) is 21.4 Å². The van der Waals surface area contributed by atoms with Gasteiger partial charge in [0.15, 0.2) is 4.34 Å². The number of rotatable bonds is 6. The number of aromatic nitrogens is 2.